The molecule has 0 aromatic heterocycles. The number of carbonyl (C=O) groups excluding carboxylic acids is 2. The van der Waals surface area contributed by atoms with Gasteiger partial charge in [-0.15, -0.1) is 0 Å². The number of carboxylic acid groups (broad SMARTS) is 1. The average Bonchev–Trinajstić information content (AvgIpc) is 2.82. The number of para-hydroxylation sites is 1. The number of hydrogen-bond acceptors (Lipinski definition) is 5. The highest BCUT2D eigenvalue weighted by Crippen LogP contribution is 2.28. The van der Waals surface area contributed by atoms with E-state index in [1.54, 1.807) is 48.5 Å². The molecule has 0 bridgehead atoms. The number of hydrogen-bond donors (Lipinski definition) is 3. The van der Waals surface area contributed by atoms with E-state index in [0.29, 0.717) is 48.3 Å². The first-order chi connectivity index (χ1) is 15.5. The summed E-state index contributed by atoms with van der Waals surface area (Å²) in [6.07, 6.45) is 2.65. The van der Waals surface area contributed by atoms with E-state index in [9.17, 15) is 14.4 Å². The van der Waals surface area contributed by atoms with E-state index in [4.69, 9.17) is 14.6 Å². The Morgan fingerprint density at radius 2 is 1.53 bits per heavy atom. The Labute approximate surface area is 186 Å². The lowest BCUT2D eigenvalue weighted by Gasteiger charge is -2.26. The van der Waals surface area contributed by atoms with Crippen LogP contribution in [0.4, 0.5) is 0 Å². The molecule has 32 heavy (non-hydrogen) atoms. The topological polar surface area (TPSA) is 114 Å². The van der Waals surface area contributed by atoms with Crippen molar-refractivity contribution < 1.29 is 29.0 Å². The van der Waals surface area contributed by atoms with Crippen molar-refractivity contribution in [3.8, 4) is 11.5 Å². The third-order valence-corrected chi connectivity index (χ3v) is 5.49. The predicted octanol–water partition coefficient (Wildman–Crippen LogP) is 2.88. The summed E-state index contributed by atoms with van der Waals surface area (Å²) in [5, 5.41) is 14.6. The molecule has 3 N–H and O–H groups in total. The third kappa shape index (κ3) is 6.23. The van der Waals surface area contributed by atoms with Gasteiger partial charge < -0.3 is 25.2 Å². The van der Waals surface area contributed by atoms with Gasteiger partial charge in [-0.25, -0.2) is 0 Å². The van der Waals surface area contributed by atoms with Crippen molar-refractivity contribution in [1.29, 1.82) is 0 Å². The fraction of sp³-hybridized carbons (Fsp3) is 0.375. The zero-order chi connectivity index (χ0) is 22.9. The first kappa shape index (κ1) is 23.1. The summed E-state index contributed by atoms with van der Waals surface area (Å²) in [6.45, 7) is 0.563. The highest BCUT2D eigenvalue weighted by Gasteiger charge is 2.26. The molecule has 0 radical (unpaired) electrons. The Kier molecular flexibility index (Phi) is 8.08. The van der Waals surface area contributed by atoms with Crippen LogP contribution in [-0.4, -0.2) is 49.2 Å². The third-order valence-electron chi connectivity index (χ3n) is 5.49. The number of benzene rings is 2. The van der Waals surface area contributed by atoms with Crippen molar-refractivity contribution in [3.63, 3.8) is 0 Å². The smallest absolute Gasteiger partial charge is 0.306 e. The summed E-state index contributed by atoms with van der Waals surface area (Å²) in [4.78, 5) is 35.6. The van der Waals surface area contributed by atoms with Crippen LogP contribution in [0.1, 0.15) is 46.4 Å². The van der Waals surface area contributed by atoms with E-state index in [1.165, 1.54) is 7.11 Å². The summed E-state index contributed by atoms with van der Waals surface area (Å²) in [5.41, 5.74) is 0.927. The van der Waals surface area contributed by atoms with Crippen molar-refractivity contribution in [2.45, 2.75) is 31.8 Å². The first-order valence-corrected chi connectivity index (χ1v) is 10.7. The molecule has 2 aromatic carbocycles. The number of methoxy groups -OCH3 is 1. The van der Waals surface area contributed by atoms with Gasteiger partial charge in [0.2, 0.25) is 0 Å². The lowest BCUT2D eigenvalue weighted by Crippen LogP contribution is -2.34. The molecule has 8 nitrogen and oxygen atoms in total. The van der Waals surface area contributed by atoms with Gasteiger partial charge in [0.05, 0.1) is 24.7 Å². The second-order valence-electron chi connectivity index (χ2n) is 7.67. The summed E-state index contributed by atoms with van der Waals surface area (Å²) >= 11 is 0. The number of carbonyl (C=O) groups is 3. The number of rotatable bonds is 9. The van der Waals surface area contributed by atoms with Crippen molar-refractivity contribution in [1.82, 2.24) is 10.6 Å². The summed E-state index contributed by atoms with van der Waals surface area (Å²) in [7, 11) is 1.51. The molecular weight excluding hydrogens is 412 g/mol. The van der Waals surface area contributed by atoms with Crippen molar-refractivity contribution in [3.05, 3.63) is 59.7 Å². The average molecular weight is 440 g/mol. The highest BCUT2D eigenvalue weighted by molar-refractivity contribution is 5.97. The van der Waals surface area contributed by atoms with Crippen LogP contribution in [0, 0.1) is 5.92 Å². The molecular formula is C24H28N2O6. The fourth-order valence-electron chi connectivity index (χ4n) is 3.69. The van der Waals surface area contributed by atoms with E-state index in [-0.39, 0.29) is 36.9 Å². The van der Waals surface area contributed by atoms with E-state index >= 15 is 0 Å². The molecule has 3 rings (SSSR count). The number of amides is 2. The van der Waals surface area contributed by atoms with Crippen LogP contribution in [0.3, 0.4) is 0 Å². The Balaban J connectivity index is 1.40. The molecule has 8 heteroatoms. The van der Waals surface area contributed by atoms with Crippen molar-refractivity contribution in [2.75, 3.05) is 20.2 Å². The standard InChI is InChI=1S/C24H28N2O6/c1-31-21-5-3-2-4-20(21)23(28)26-15-14-25-22(27)16-6-10-18(11-7-16)32-19-12-8-17(9-13-19)24(29)30/h2-7,10-11,17,19H,8-9,12-15H2,1H3,(H,25,27)(H,26,28)(H,29,30)/t17-,19+. The van der Waals surface area contributed by atoms with Crippen LogP contribution in [0.5, 0.6) is 11.5 Å². The zero-order valence-corrected chi connectivity index (χ0v) is 18.0. The van der Waals surface area contributed by atoms with Gasteiger partial charge in [-0.05, 0) is 62.1 Å². The van der Waals surface area contributed by atoms with Gasteiger partial charge in [0.15, 0.2) is 0 Å². The van der Waals surface area contributed by atoms with Crippen LogP contribution in [0.2, 0.25) is 0 Å². The molecule has 0 atom stereocenters. The molecule has 1 saturated carbocycles. The Morgan fingerprint density at radius 3 is 2.16 bits per heavy atom. The van der Waals surface area contributed by atoms with E-state index < -0.39 is 5.97 Å². The molecule has 1 aliphatic rings. The van der Waals surface area contributed by atoms with Gasteiger partial charge in [0, 0.05) is 18.7 Å². The van der Waals surface area contributed by atoms with Crippen LogP contribution >= 0.6 is 0 Å². The minimum Gasteiger partial charge on any atom is -0.496 e. The van der Waals surface area contributed by atoms with Gasteiger partial charge in [-0.2, -0.15) is 0 Å². The number of nitrogens with one attached hydrogen (secondary N) is 2. The molecule has 1 aliphatic carbocycles. The van der Waals surface area contributed by atoms with Crippen molar-refractivity contribution in [2.24, 2.45) is 5.92 Å². The molecule has 0 saturated heterocycles. The maximum absolute atomic E-state index is 12.3. The van der Waals surface area contributed by atoms with Crippen LogP contribution in [-0.2, 0) is 4.79 Å². The van der Waals surface area contributed by atoms with E-state index in [0.717, 1.165) is 0 Å². The minimum atomic E-state index is -0.738. The fourth-order valence-corrected chi connectivity index (χ4v) is 3.69. The Bertz CT molecular complexity index is 936. The maximum atomic E-state index is 12.3. The molecule has 0 spiro atoms. The number of carboxylic acids is 1. The van der Waals surface area contributed by atoms with Gasteiger partial charge in [0.1, 0.15) is 11.5 Å². The van der Waals surface area contributed by atoms with E-state index in [2.05, 4.69) is 10.6 Å². The monoisotopic (exact) mass is 440 g/mol. The van der Waals surface area contributed by atoms with Gasteiger partial charge >= 0.3 is 5.97 Å². The van der Waals surface area contributed by atoms with Gasteiger partial charge in [0.25, 0.3) is 11.8 Å². The molecule has 0 aliphatic heterocycles. The molecule has 0 unspecified atom stereocenters. The van der Waals surface area contributed by atoms with E-state index in [1.807, 2.05) is 0 Å². The number of aliphatic carboxylic acids is 1. The second-order valence-corrected chi connectivity index (χ2v) is 7.67. The predicted molar refractivity (Wildman–Crippen MR) is 118 cm³/mol. The van der Waals surface area contributed by atoms with Gasteiger partial charge in [-0.3, -0.25) is 14.4 Å². The van der Waals surface area contributed by atoms with Crippen LogP contribution in [0.25, 0.3) is 0 Å². The maximum Gasteiger partial charge on any atom is 0.306 e. The molecule has 2 aromatic rings. The highest BCUT2D eigenvalue weighted by atomic mass is 16.5. The molecule has 2 amide bonds. The largest absolute Gasteiger partial charge is 0.496 e. The Hall–Kier alpha value is -3.55. The molecule has 0 heterocycles. The summed E-state index contributed by atoms with van der Waals surface area (Å²) < 4.78 is 11.1. The first-order valence-electron chi connectivity index (χ1n) is 10.7. The molecule has 1 fully saturated rings. The van der Waals surface area contributed by atoms with Gasteiger partial charge in [-0.1, -0.05) is 12.1 Å². The van der Waals surface area contributed by atoms with Crippen LogP contribution < -0.4 is 20.1 Å². The number of ether oxygens (including phenoxy) is 2. The normalized spacial score (nSPS) is 17.8. The quantitative estimate of drug-likeness (QED) is 0.517. The minimum absolute atomic E-state index is 0.00266. The lowest BCUT2D eigenvalue weighted by atomic mass is 9.87. The summed E-state index contributed by atoms with van der Waals surface area (Å²) in [5.74, 6) is -0.380. The van der Waals surface area contributed by atoms with Crippen LogP contribution in [0.15, 0.2) is 48.5 Å². The Morgan fingerprint density at radius 1 is 0.906 bits per heavy atom. The van der Waals surface area contributed by atoms with Crippen molar-refractivity contribution >= 4 is 17.8 Å². The lowest BCUT2D eigenvalue weighted by molar-refractivity contribution is -0.143. The summed E-state index contributed by atoms with van der Waals surface area (Å²) in [6, 6.07) is 13.8. The second kappa shape index (κ2) is 11.2. The SMILES string of the molecule is COc1ccccc1C(=O)NCCNC(=O)c1ccc(O[C@H]2CC[C@@H](C(=O)O)CC2)cc1. The zero-order valence-electron chi connectivity index (χ0n) is 18.0. The molecule has 170 valence electrons.